The largest absolute Gasteiger partial charge is 0.379 e. The Morgan fingerprint density at radius 2 is 2.05 bits per heavy atom. The second-order valence-electron chi connectivity index (χ2n) is 5.86. The summed E-state index contributed by atoms with van der Waals surface area (Å²) in [6.07, 6.45) is -0.136. The first-order valence-corrected chi connectivity index (χ1v) is 6.66. The van der Waals surface area contributed by atoms with Crippen LogP contribution in [-0.4, -0.2) is 19.8 Å². The molecule has 0 radical (unpaired) electrons. The Morgan fingerprint density at radius 1 is 1.37 bits per heavy atom. The van der Waals surface area contributed by atoms with Gasteiger partial charge in [-0.15, -0.1) is 0 Å². The standard InChI is InChI=1S/C15H21F2NO/c1-11(2)7-15(16,17)13-5-3-4-12(6-13)14(8-18)9-19-10-14/h3-6,11H,7-10,18H2,1-2H3. The molecule has 2 N–H and O–H groups in total. The number of hydrogen-bond donors (Lipinski definition) is 1. The Balaban J connectivity index is 2.29. The highest BCUT2D eigenvalue weighted by Gasteiger charge is 2.40. The average Bonchev–Trinajstić information content (AvgIpc) is 2.27. The topological polar surface area (TPSA) is 35.2 Å². The fraction of sp³-hybridized carbons (Fsp3) is 0.600. The fourth-order valence-corrected chi connectivity index (χ4v) is 2.46. The van der Waals surface area contributed by atoms with Crippen LogP contribution in [0.4, 0.5) is 8.78 Å². The van der Waals surface area contributed by atoms with Crippen LogP contribution in [0.15, 0.2) is 24.3 Å². The lowest BCUT2D eigenvalue weighted by Crippen LogP contribution is -2.52. The molecule has 19 heavy (non-hydrogen) atoms. The second-order valence-corrected chi connectivity index (χ2v) is 5.86. The third kappa shape index (κ3) is 2.79. The lowest BCUT2D eigenvalue weighted by Gasteiger charge is -2.41. The van der Waals surface area contributed by atoms with Crippen molar-refractivity contribution in [3.8, 4) is 0 Å². The number of halogens is 2. The molecule has 0 aliphatic carbocycles. The summed E-state index contributed by atoms with van der Waals surface area (Å²) in [4.78, 5) is 0. The molecule has 0 unspecified atom stereocenters. The number of hydrogen-bond acceptors (Lipinski definition) is 2. The monoisotopic (exact) mass is 269 g/mol. The SMILES string of the molecule is CC(C)CC(F)(F)c1cccc(C2(CN)COC2)c1. The van der Waals surface area contributed by atoms with Crippen molar-refractivity contribution in [3.63, 3.8) is 0 Å². The van der Waals surface area contributed by atoms with Gasteiger partial charge in [-0.1, -0.05) is 32.0 Å². The molecule has 0 atom stereocenters. The lowest BCUT2D eigenvalue weighted by molar-refractivity contribution is -0.0558. The molecule has 2 nitrogen and oxygen atoms in total. The maximum atomic E-state index is 14.1. The van der Waals surface area contributed by atoms with Crippen LogP contribution >= 0.6 is 0 Å². The first-order chi connectivity index (χ1) is 8.89. The van der Waals surface area contributed by atoms with E-state index < -0.39 is 5.92 Å². The van der Waals surface area contributed by atoms with Crippen LogP contribution in [0.5, 0.6) is 0 Å². The maximum absolute atomic E-state index is 14.1. The van der Waals surface area contributed by atoms with Crippen LogP contribution in [0, 0.1) is 5.92 Å². The third-order valence-electron chi connectivity index (χ3n) is 3.71. The highest BCUT2D eigenvalue weighted by molar-refractivity contribution is 5.34. The van der Waals surface area contributed by atoms with E-state index in [0.717, 1.165) is 5.56 Å². The van der Waals surface area contributed by atoms with Gasteiger partial charge < -0.3 is 10.5 Å². The Bertz CT molecular complexity index is 436. The van der Waals surface area contributed by atoms with Crippen molar-refractivity contribution in [2.45, 2.75) is 31.6 Å². The van der Waals surface area contributed by atoms with Crippen molar-refractivity contribution in [2.75, 3.05) is 19.8 Å². The van der Waals surface area contributed by atoms with Crippen LogP contribution in [0.3, 0.4) is 0 Å². The predicted octanol–water partition coefficient (Wildman–Crippen LogP) is 3.05. The van der Waals surface area contributed by atoms with Gasteiger partial charge in [0.25, 0.3) is 5.92 Å². The zero-order chi connectivity index (χ0) is 14.1. The Hall–Kier alpha value is -1.00. The molecular weight excluding hydrogens is 248 g/mol. The summed E-state index contributed by atoms with van der Waals surface area (Å²) in [7, 11) is 0. The number of ether oxygens (including phenoxy) is 1. The van der Waals surface area contributed by atoms with Gasteiger partial charge in [0.2, 0.25) is 0 Å². The van der Waals surface area contributed by atoms with Crippen molar-refractivity contribution in [1.82, 2.24) is 0 Å². The van der Waals surface area contributed by atoms with E-state index in [2.05, 4.69) is 0 Å². The molecule has 1 fully saturated rings. The van der Waals surface area contributed by atoms with Crippen LogP contribution in [-0.2, 0) is 16.1 Å². The number of rotatable bonds is 5. The quantitative estimate of drug-likeness (QED) is 0.891. The second kappa shape index (κ2) is 5.17. The summed E-state index contributed by atoms with van der Waals surface area (Å²) in [5.74, 6) is -2.83. The first kappa shape index (κ1) is 14.4. The van der Waals surface area contributed by atoms with E-state index in [1.165, 1.54) is 6.07 Å². The molecule has 1 aromatic rings. The van der Waals surface area contributed by atoms with Gasteiger partial charge >= 0.3 is 0 Å². The summed E-state index contributed by atoms with van der Waals surface area (Å²) in [6.45, 7) is 5.06. The molecule has 1 aromatic carbocycles. The zero-order valence-electron chi connectivity index (χ0n) is 11.5. The van der Waals surface area contributed by atoms with Gasteiger partial charge in [-0.3, -0.25) is 0 Å². The van der Waals surface area contributed by atoms with Gasteiger partial charge in [-0.2, -0.15) is 0 Å². The molecule has 0 aromatic heterocycles. The summed E-state index contributed by atoms with van der Waals surface area (Å²) < 4.78 is 33.5. The third-order valence-corrected chi connectivity index (χ3v) is 3.71. The van der Waals surface area contributed by atoms with E-state index in [1.807, 2.05) is 6.07 Å². The van der Waals surface area contributed by atoms with Crippen molar-refractivity contribution < 1.29 is 13.5 Å². The van der Waals surface area contributed by atoms with E-state index in [4.69, 9.17) is 10.5 Å². The highest BCUT2D eigenvalue weighted by Crippen LogP contribution is 2.38. The molecule has 1 saturated heterocycles. The number of nitrogens with two attached hydrogens (primary N) is 1. The van der Waals surface area contributed by atoms with Crippen LogP contribution < -0.4 is 5.73 Å². The van der Waals surface area contributed by atoms with Gasteiger partial charge in [0.15, 0.2) is 0 Å². The predicted molar refractivity (Wildman–Crippen MR) is 71.3 cm³/mol. The molecule has 0 spiro atoms. The van der Waals surface area contributed by atoms with E-state index in [9.17, 15) is 8.78 Å². The minimum absolute atomic E-state index is 0.0471. The van der Waals surface area contributed by atoms with Gasteiger partial charge in [0.05, 0.1) is 18.6 Å². The van der Waals surface area contributed by atoms with E-state index >= 15 is 0 Å². The molecule has 0 bridgehead atoms. The first-order valence-electron chi connectivity index (χ1n) is 6.66. The smallest absolute Gasteiger partial charge is 0.273 e. The molecule has 2 rings (SSSR count). The van der Waals surface area contributed by atoms with E-state index in [0.29, 0.717) is 19.8 Å². The summed E-state index contributed by atoms with van der Waals surface area (Å²) in [5.41, 5.74) is 6.44. The van der Waals surface area contributed by atoms with Crippen molar-refractivity contribution in [1.29, 1.82) is 0 Å². The molecule has 0 saturated carbocycles. The molecule has 0 amide bonds. The zero-order valence-corrected chi connectivity index (χ0v) is 11.5. The maximum Gasteiger partial charge on any atom is 0.273 e. The molecule has 4 heteroatoms. The van der Waals surface area contributed by atoms with Crippen LogP contribution in [0.25, 0.3) is 0 Å². The minimum atomic E-state index is -2.79. The molecular formula is C15H21F2NO. The lowest BCUT2D eigenvalue weighted by atomic mass is 9.78. The molecule has 1 aliphatic heterocycles. The summed E-state index contributed by atoms with van der Waals surface area (Å²) in [6, 6.07) is 6.65. The van der Waals surface area contributed by atoms with Crippen LogP contribution in [0.1, 0.15) is 31.4 Å². The van der Waals surface area contributed by atoms with Gasteiger partial charge in [-0.05, 0) is 17.5 Å². The fourth-order valence-electron chi connectivity index (χ4n) is 2.46. The highest BCUT2D eigenvalue weighted by atomic mass is 19.3. The normalized spacial score (nSPS) is 18.4. The molecule has 1 heterocycles. The Kier molecular flexibility index (Phi) is 3.92. The van der Waals surface area contributed by atoms with Gasteiger partial charge in [-0.25, -0.2) is 8.78 Å². The number of benzene rings is 1. The van der Waals surface area contributed by atoms with Crippen LogP contribution in [0.2, 0.25) is 0 Å². The van der Waals surface area contributed by atoms with Crippen molar-refractivity contribution in [3.05, 3.63) is 35.4 Å². The van der Waals surface area contributed by atoms with E-state index in [1.54, 1.807) is 26.0 Å². The average molecular weight is 269 g/mol. The minimum Gasteiger partial charge on any atom is -0.379 e. The van der Waals surface area contributed by atoms with Crippen molar-refractivity contribution >= 4 is 0 Å². The summed E-state index contributed by atoms with van der Waals surface area (Å²) >= 11 is 0. The van der Waals surface area contributed by atoms with Crippen molar-refractivity contribution in [2.24, 2.45) is 11.7 Å². The summed E-state index contributed by atoms with van der Waals surface area (Å²) in [5, 5.41) is 0. The Labute approximate surface area is 112 Å². The van der Waals surface area contributed by atoms with E-state index in [-0.39, 0.29) is 23.3 Å². The molecule has 106 valence electrons. The molecule has 1 aliphatic rings. The van der Waals surface area contributed by atoms with Gasteiger partial charge in [0, 0.05) is 18.5 Å². The Morgan fingerprint density at radius 3 is 2.53 bits per heavy atom. The number of alkyl halides is 2. The van der Waals surface area contributed by atoms with Gasteiger partial charge in [0.1, 0.15) is 0 Å².